The average Bonchev–Trinajstić information content (AvgIpc) is 2.77. The third-order valence-corrected chi connectivity index (χ3v) is 3.85. The highest BCUT2D eigenvalue weighted by molar-refractivity contribution is 7.10. The van der Waals surface area contributed by atoms with E-state index in [0.29, 0.717) is 11.6 Å². The summed E-state index contributed by atoms with van der Waals surface area (Å²) in [5, 5.41) is 8.84. The summed E-state index contributed by atoms with van der Waals surface area (Å²) in [5.41, 5.74) is 3.02. The van der Waals surface area contributed by atoms with E-state index in [-0.39, 0.29) is 5.91 Å². The van der Waals surface area contributed by atoms with Gasteiger partial charge in [-0.1, -0.05) is 17.7 Å². The Hall–Kier alpha value is -1.52. The van der Waals surface area contributed by atoms with E-state index in [1.54, 1.807) is 11.3 Å². The first-order chi connectivity index (χ1) is 9.06. The third kappa shape index (κ3) is 3.72. The number of hydrogen-bond acceptors (Lipinski definition) is 3. The smallest absolute Gasteiger partial charge is 0.221 e. The number of thiophene rings is 1. The van der Waals surface area contributed by atoms with Crippen molar-refractivity contribution in [1.82, 2.24) is 0 Å². The summed E-state index contributed by atoms with van der Waals surface area (Å²) in [6.45, 7) is 4.20. The zero-order chi connectivity index (χ0) is 13.8. The van der Waals surface area contributed by atoms with Gasteiger partial charge in [0.15, 0.2) is 0 Å². The summed E-state index contributed by atoms with van der Waals surface area (Å²) in [5.74, 6) is -0.0569. The number of hydrogen-bond donors (Lipinski definition) is 2. The van der Waals surface area contributed by atoms with Gasteiger partial charge in [-0.3, -0.25) is 4.79 Å². The monoisotopic (exact) mass is 294 g/mol. The molecule has 0 saturated heterocycles. The fraction of sp³-hybridized carbons (Fsp3) is 0.214. The van der Waals surface area contributed by atoms with Crippen LogP contribution in [0.3, 0.4) is 0 Å². The minimum atomic E-state index is -0.0569. The molecule has 0 aliphatic heterocycles. The van der Waals surface area contributed by atoms with E-state index >= 15 is 0 Å². The second-order valence-electron chi connectivity index (χ2n) is 4.25. The van der Waals surface area contributed by atoms with Crippen LogP contribution < -0.4 is 10.6 Å². The molecular weight excluding hydrogens is 280 g/mol. The lowest BCUT2D eigenvalue weighted by Gasteiger charge is -2.10. The second-order valence-corrected chi connectivity index (χ2v) is 5.69. The molecule has 100 valence electrons. The van der Waals surface area contributed by atoms with Crippen LogP contribution in [-0.4, -0.2) is 5.91 Å². The van der Waals surface area contributed by atoms with Crippen LogP contribution >= 0.6 is 22.9 Å². The number of carbonyl (C=O) groups excluding carboxylic acids is 1. The first kappa shape index (κ1) is 13.9. The number of rotatable bonds is 4. The maximum Gasteiger partial charge on any atom is 0.221 e. The van der Waals surface area contributed by atoms with E-state index in [4.69, 9.17) is 11.6 Å². The van der Waals surface area contributed by atoms with E-state index in [1.165, 1.54) is 6.92 Å². The molecule has 0 atom stereocenters. The van der Waals surface area contributed by atoms with Crippen LogP contribution in [0.25, 0.3) is 0 Å². The van der Waals surface area contributed by atoms with Crippen LogP contribution in [0, 0.1) is 6.92 Å². The molecule has 0 bridgehead atoms. The molecule has 0 radical (unpaired) electrons. The van der Waals surface area contributed by atoms with E-state index in [2.05, 4.69) is 10.6 Å². The van der Waals surface area contributed by atoms with Gasteiger partial charge < -0.3 is 10.6 Å². The molecule has 0 saturated carbocycles. The molecule has 0 fully saturated rings. The van der Waals surface area contributed by atoms with Crippen LogP contribution in [0.1, 0.15) is 17.4 Å². The molecule has 2 aromatic rings. The SMILES string of the molecule is CC(=O)Nc1ccsc1CNc1cc(Cl)ccc1C. The predicted octanol–water partition coefficient (Wildman–Crippen LogP) is 4.28. The van der Waals surface area contributed by atoms with Gasteiger partial charge >= 0.3 is 0 Å². The van der Waals surface area contributed by atoms with E-state index < -0.39 is 0 Å². The first-order valence-corrected chi connectivity index (χ1v) is 7.16. The van der Waals surface area contributed by atoms with Crippen LogP contribution in [0.2, 0.25) is 5.02 Å². The largest absolute Gasteiger partial charge is 0.380 e. The van der Waals surface area contributed by atoms with Crippen LogP contribution in [0.15, 0.2) is 29.6 Å². The van der Waals surface area contributed by atoms with Gasteiger partial charge in [-0.25, -0.2) is 0 Å². The molecule has 19 heavy (non-hydrogen) atoms. The molecule has 2 rings (SSSR count). The van der Waals surface area contributed by atoms with Gasteiger partial charge in [0, 0.05) is 22.5 Å². The highest BCUT2D eigenvalue weighted by Gasteiger charge is 2.06. The maximum atomic E-state index is 11.1. The topological polar surface area (TPSA) is 41.1 Å². The zero-order valence-corrected chi connectivity index (χ0v) is 12.4. The van der Waals surface area contributed by atoms with Gasteiger partial charge in [0.2, 0.25) is 5.91 Å². The molecule has 0 unspecified atom stereocenters. The fourth-order valence-electron chi connectivity index (χ4n) is 1.74. The van der Waals surface area contributed by atoms with Crippen molar-refractivity contribution in [3.63, 3.8) is 0 Å². The van der Waals surface area contributed by atoms with Crippen molar-refractivity contribution < 1.29 is 4.79 Å². The molecule has 2 N–H and O–H groups in total. The molecule has 0 spiro atoms. The van der Waals surface area contributed by atoms with Gasteiger partial charge in [0.25, 0.3) is 0 Å². The zero-order valence-electron chi connectivity index (χ0n) is 10.8. The van der Waals surface area contributed by atoms with Crippen molar-refractivity contribution in [2.24, 2.45) is 0 Å². The normalized spacial score (nSPS) is 10.3. The molecule has 1 aromatic heterocycles. The standard InChI is InChI=1S/C14H15ClN2OS/c1-9-3-4-11(15)7-13(9)16-8-14-12(5-6-19-14)17-10(2)18/h3-7,16H,8H2,1-2H3,(H,17,18). The van der Waals surface area contributed by atoms with Gasteiger partial charge in [0.1, 0.15) is 0 Å². The summed E-state index contributed by atoms with van der Waals surface area (Å²) in [7, 11) is 0. The summed E-state index contributed by atoms with van der Waals surface area (Å²) < 4.78 is 0. The van der Waals surface area contributed by atoms with Gasteiger partial charge in [-0.2, -0.15) is 0 Å². The lowest BCUT2D eigenvalue weighted by molar-refractivity contribution is -0.114. The summed E-state index contributed by atoms with van der Waals surface area (Å²) in [6.07, 6.45) is 0. The van der Waals surface area contributed by atoms with E-state index in [9.17, 15) is 4.79 Å². The third-order valence-electron chi connectivity index (χ3n) is 2.70. The number of benzene rings is 1. The minimum Gasteiger partial charge on any atom is -0.380 e. The Labute approximate surface area is 121 Å². The fourth-order valence-corrected chi connectivity index (χ4v) is 2.68. The van der Waals surface area contributed by atoms with Crippen LogP contribution in [0.4, 0.5) is 11.4 Å². The molecular formula is C14H15ClN2OS. The summed E-state index contributed by atoms with van der Waals surface area (Å²) in [6, 6.07) is 7.67. The lowest BCUT2D eigenvalue weighted by Crippen LogP contribution is -2.08. The molecule has 0 aliphatic rings. The summed E-state index contributed by atoms with van der Waals surface area (Å²) in [4.78, 5) is 12.2. The average molecular weight is 295 g/mol. The Balaban J connectivity index is 2.08. The van der Waals surface area contributed by atoms with Gasteiger partial charge in [-0.15, -0.1) is 11.3 Å². The minimum absolute atomic E-state index is 0.0569. The van der Waals surface area contributed by atoms with Gasteiger partial charge in [0.05, 0.1) is 12.2 Å². The molecule has 1 amide bonds. The van der Waals surface area contributed by atoms with Gasteiger partial charge in [-0.05, 0) is 36.1 Å². The Morgan fingerprint density at radius 3 is 2.84 bits per heavy atom. The predicted molar refractivity (Wildman–Crippen MR) is 82.1 cm³/mol. The van der Waals surface area contributed by atoms with Crippen molar-refractivity contribution >= 4 is 40.2 Å². The maximum absolute atomic E-state index is 11.1. The number of halogens is 1. The van der Waals surface area contributed by atoms with E-state index in [1.807, 2.05) is 36.6 Å². The van der Waals surface area contributed by atoms with Crippen LogP contribution in [-0.2, 0) is 11.3 Å². The molecule has 5 heteroatoms. The van der Waals surface area contributed by atoms with Crippen molar-refractivity contribution in [2.75, 3.05) is 10.6 Å². The second kappa shape index (κ2) is 6.08. The molecule has 1 aromatic carbocycles. The Morgan fingerprint density at radius 2 is 2.11 bits per heavy atom. The quantitative estimate of drug-likeness (QED) is 0.883. The number of aryl methyl sites for hydroxylation is 1. The number of carbonyl (C=O) groups is 1. The Bertz CT molecular complexity index is 595. The van der Waals surface area contributed by atoms with Crippen molar-refractivity contribution in [1.29, 1.82) is 0 Å². The Kier molecular flexibility index (Phi) is 4.45. The summed E-state index contributed by atoms with van der Waals surface area (Å²) >= 11 is 7.59. The first-order valence-electron chi connectivity index (χ1n) is 5.90. The van der Waals surface area contributed by atoms with Crippen molar-refractivity contribution in [3.05, 3.63) is 45.1 Å². The molecule has 0 aliphatic carbocycles. The van der Waals surface area contributed by atoms with Crippen LogP contribution in [0.5, 0.6) is 0 Å². The molecule has 3 nitrogen and oxygen atoms in total. The van der Waals surface area contributed by atoms with Crippen molar-refractivity contribution in [2.45, 2.75) is 20.4 Å². The van der Waals surface area contributed by atoms with Crippen molar-refractivity contribution in [3.8, 4) is 0 Å². The lowest BCUT2D eigenvalue weighted by atomic mass is 10.2. The highest BCUT2D eigenvalue weighted by atomic mass is 35.5. The number of amides is 1. The highest BCUT2D eigenvalue weighted by Crippen LogP contribution is 2.25. The Morgan fingerprint density at radius 1 is 1.32 bits per heavy atom. The number of anilines is 2. The number of nitrogens with one attached hydrogen (secondary N) is 2. The molecule has 1 heterocycles. The van der Waals surface area contributed by atoms with E-state index in [0.717, 1.165) is 21.8 Å².